The van der Waals surface area contributed by atoms with Crippen molar-refractivity contribution in [2.24, 2.45) is 0 Å². The fraction of sp³-hybridized carbons (Fsp3) is 0.364. The molecule has 1 aromatic rings. The zero-order valence-electron chi connectivity index (χ0n) is 8.80. The van der Waals surface area contributed by atoms with Crippen LogP contribution in [0.15, 0.2) is 16.6 Å². The van der Waals surface area contributed by atoms with Gasteiger partial charge in [0, 0.05) is 16.3 Å². The van der Waals surface area contributed by atoms with E-state index < -0.39 is 23.1 Å². The SMILES string of the molecule is O=C(NC1CCSC1)c1c(F)cc(Br)cc1F. The molecule has 1 aliphatic heterocycles. The molecule has 1 heterocycles. The molecule has 0 saturated carbocycles. The van der Waals surface area contributed by atoms with Crippen LogP contribution in [-0.4, -0.2) is 23.5 Å². The van der Waals surface area contributed by atoms with Crippen molar-refractivity contribution in [3.05, 3.63) is 33.8 Å². The van der Waals surface area contributed by atoms with Crippen molar-refractivity contribution in [2.45, 2.75) is 12.5 Å². The summed E-state index contributed by atoms with van der Waals surface area (Å²) in [6.45, 7) is 0. The number of halogens is 3. The van der Waals surface area contributed by atoms with Gasteiger partial charge < -0.3 is 5.32 Å². The van der Waals surface area contributed by atoms with Gasteiger partial charge in [0.25, 0.3) is 5.91 Å². The second-order valence-corrected chi connectivity index (χ2v) is 5.84. The first-order valence-electron chi connectivity index (χ1n) is 5.11. The molecule has 1 saturated heterocycles. The van der Waals surface area contributed by atoms with Crippen LogP contribution in [0.4, 0.5) is 8.78 Å². The molecule has 1 unspecified atom stereocenters. The first-order valence-corrected chi connectivity index (χ1v) is 7.06. The summed E-state index contributed by atoms with van der Waals surface area (Å²) in [6.07, 6.45) is 0.843. The molecule has 92 valence electrons. The highest BCUT2D eigenvalue weighted by Gasteiger charge is 2.23. The van der Waals surface area contributed by atoms with Crippen molar-refractivity contribution in [3.63, 3.8) is 0 Å². The minimum atomic E-state index is -0.847. The van der Waals surface area contributed by atoms with Gasteiger partial charge in [-0.1, -0.05) is 15.9 Å². The molecule has 0 aliphatic carbocycles. The Balaban J connectivity index is 2.18. The molecule has 6 heteroatoms. The minimum absolute atomic E-state index is 0.00921. The third-order valence-electron chi connectivity index (χ3n) is 2.50. The first kappa shape index (κ1) is 12.8. The smallest absolute Gasteiger partial charge is 0.257 e. The Morgan fingerprint density at radius 2 is 2.06 bits per heavy atom. The molecule has 0 spiro atoms. The number of benzene rings is 1. The van der Waals surface area contributed by atoms with Gasteiger partial charge in [-0.25, -0.2) is 8.78 Å². The Hall–Kier alpha value is -0.620. The van der Waals surface area contributed by atoms with Crippen molar-refractivity contribution >= 4 is 33.6 Å². The van der Waals surface area contributed by atoms with Gasteiger partial charge in [-0.3, -0.25) is 4.79 Å². The predicted molar refractivity (Wildman–Crippen MR) is 67.3 cm³/mol. The summed E-state index contributed by atoms with van der Waals surface area (Å²) >= 11 is 4.69. The van der Waals surface area contributed by atoms with Gasteiger partial charge in [0.2, 0.25) is 0 Å². The van der Waals surface area contributed by atoms with Crippen LogP contribution in [-0.2, 0) is 0 Å². The zero-order chi connectivity index (χ0) is 12.4. The van der Waals surface area contributed by atoms with E-state index in [1.54, 1.807) is 11.8 Å². The largest absolute Gasteiger partial charge is 0.348 e. The van der Waals surface area contributed by atoms with E-state index in [1.165, 1.54) is 0 Å². The van der Waals surface area contributed by atoms with Crippen LogP contribution in [0.5, 0.6) is 0 Å². The number of carbonyl (C=O) groups excluding carboxylic acids is 1. The standard InChI is InChI=1S/C11H10BrF2NOS/c12-6-3-8(13)10(9(14)4-6)11(16)15-7-1-2-17-5-7/h3-4,7H,1-2,5H2,(H,15,16). The second-order valence-electron chi connectivity index (χ2n) is 3.78. The van der Waals surface area contributed by atoms with Gasteiger partial charge in [-0.15, -0.1) is 0 Å². The molecule has 1 atom stereocenters. The molecule has 17 heavy (non-hydrogen) atoms. The van der Waals surface area contributed by atoms with E-state index >= 15 is 0 Å². The Morgan fingerprint density at radius 1 is 1.41 bits per heavy atom. The quantitative estimate of drug-likeness (QED) is 0.907. The topological polar surface area (TPSA) is 29.1 Å². The fourth-order valence-corrected chi connectivity index (χ4v) is 3.22. The average Bonchev–Trinajstić information content (AvgIpc) is 2.68. The summed E-state index contributed by atoms with van der Waals surface area (Å²) in [5.74, 6) is -0.609. The normalized spacial score (nSPS) is 19.4. The van der Waals surface area contributed by atoms with Gasteiger partial charge in [-0.05, 0) is 24.3 Å². The fourth-order valence-electron chi connectivity index (χ4n) is 1.67. The maximum atomic E-state index is 13.5. The first-order chi connectivity index (χ1) is 8.08. The maximum absolute atomic E-state index is 13.5. The number of thioether (sulfide) groups is 1. The molecule has 2 rings (SSSR count). The van der Waals surface area contributed by atoms with E-state index in [1.807, 2.05) is 0 Å². The van der Waals surface area contributed by atoms with Gasteiger partial charge in [0.1, 0.15) is 17.2 Å². The number of carbonyl (C=O) groups is 1. The van der Waals surface area contributed by atoms with Crippen LogP contribution >= 0.6 is 27.7 Å². The molecule has 0 bridgehead atoms. The van der Waals surface area contributed by atoms with Crippen molar-refractivity contribution in [1.29, 1.82) is 0 Å². The highest BCUT2D eigenvalue weighted by molar-refractivity contribution is 9.10. The second kappa shape index (κ2) is 5.35. The zero-order valence-corrected chi connectivity index (χ0v) is 11.2. The van der Waals surface area contributed by atoms with Gasteiger partial charge >= 0.3 is 0 Å². The summed E-state index contributed by atoms with van der Waals surface area (Å²) in [4.78, 5) is 11.7. The molecule has 1 amide bonds. The third kappa shape index (κ3) is 2.98. The molecular formula is C11H10BrF2NOS. The van der Waals surface area contributed by atoms with E-state index in [-0.39, 0.29) is 10.5 Å². The Morgan fingerprint density at radius 3 is 2.59 bits per heavy atom. The lowest BCUT2D eigenvalue weighted by atomic mass is 10.1. The van der Waals surface area contributed by atoms with Crippen LogP contribution in [0.1, 0.15) is 16.8 Å². The highest BCUT2D eigenvalue weighted by atomic mass is 79.9. The van der Waals surface area contributed by atoms with E-state index in [9.17, 15) is 13.6 Å². The maximum Gasteiger partial charge on any atom is 0.257 e. The number of rotatable bonds is 2. The summed E-state index contributed by atoms with van der Waals surface area (Å²) in [7, 11) is 0. The Labute approximate surface area is 110 Å². The molecule has 2 nitrogen and oxygen atoms in total. The molecular weight excluding hydrogens is 312 g/mol. The van der Waals surface area contributed by atoms with E-state index in [2.05, 4.69) is 21.2 Å². The van der Waals surface area contributed by atoms with Crippen LogP contribution in [0, 0.1) is 11.6 Å². The number of hydrogen-bond donors (Lipinski definition) is 1. The van der Waals surface area contributed by atoms with E-state index in [0.29, 0.717) is 0 Å². The van der Waals surface area contributed by atoms with Gasteiger partial charge in [-0.2, -0.15) is 11.8 Å². The minimum Gasteiger partial charge on any atom is -0.348 e. The molecule has 0 aromatic heterocycles. The number of amides is 1. The number of nitrogens with one attached hydrogen (secondary N) is 1. The van der Waals surface area contributed by atoms with Gasteiger partial charge in [0.15, 0.2) is 0 Å². The summed E-state index contributed by atoms with van der Waals surface area (Å²) < 4.78 is 27.3. The molecule has 1 N–H and O–H groups in total. The summed E-state index contributed by atoms with van der Waals surface area (Å²) in [6, 6.07) is 2.18. The Kier molecular flexibility index (Phi) is 4.04. The van der Waals surface area contributed by atoms with Crippen molar-refractivity contribution < 1.29 is 13.6 Å². The van der Waals surface area contributed by atoms with Crippen LogP contribution in [0.25, 0.3) is 0 Å². The lowest BCUT2D eigenvalue weighted by Gasteiger charge is -2.12. The molecule has 1 aromatic carbocycles. The summed E-state index contributed by atoms with van der Waals surface area (Å²) in [5, 5.41) is 2.64. The van der Waals surface area contributed by atoms with Gasteiger partial charge in [0.05, 0.1) is 0 Å². The van der Waals surface area contributed by atoms with E-state index in [4.69, 9.17) is 0 Å². The predicted octanol–water partition coefficient (Wildman–Crippen LogP) is 2.96. The van der Waals surface area contributed by atoms with Crippen molar-refractivity contribution in [1.82, 2.24) is 5.32 Å². The molecule has 1 aliphatic rings. The number of hydrogen-bond acceptors (Lipinski definition) is 2. The van der Waals surface area contributed by atoms with Crippen molar-refractivity contribution in [3.8, 4) is 0 Å². The lowest BCUT2D eigenvalue weighted by molar-refractivity contribution is 0.0932. The monoisotopic (exact) mass is 321 g/mol. The third-order valence-corrected chi connectivity index (χ3v) is 4.12. The molecule has 1 fully saturated rings. The van der Waals surface area contributed by atoms with E-state index in [0.717, 1.165) is 30.1 Å². The van der Waals surface area contributed by atoms with Crippen LogP contribution in [0.3, 0.4) is 0 Å². The highest BCUT2D eigenvalue weighted by Crippen LogP contribution is 2.21. The summed E-state index contributed by atoms with van der Waals surface area (Å²) in [5.41, 5.74) is -0.509. The van der Waals surface area contributed by atoms with Crippen LogP contribution < -0.4 is 5.32 Å². The van der Waals surface area contributed by atoms with Crippen LogP contribution in [0.2, 0.25) is 0 Å². The molecule has 0 radical (unpaired) electrons. The Bertz CT molecular complexity index is 426. The lowest BCUT2D eigenvalue weighted by Crippen LogP contribution is -2.35. The van der Waals surface area contributed by atoms with Crippen molar-refractivity contribution in [2.75, 3.05) is 11.5 Å². The average molecular weight is 322 g/mol.